The molecule has 3 aromatic rings. The minimum atomic E-state index is -0.453. The zero-order chi connectivity index (χ0) is 16.7. The Bertz CT molecular complexity index is 877. The summed E-state index contributed by atoms with van der Waals surface area (Å²) in [7, 11) is 0. The minimum Gasteiger partial charge on any atom is -0.307 e. The topological polar surface area (TPSA) is 88.5 Å². The van der Waals surface area contributed by atoms with Gasteiger partial charge in [0, 0.05) is 11.9 Å². The van der Waals surface area contributed by atoms with Crippen LogP contribution in [0, 0.1) is 20.8 Å². The molecule has 3 aromatic heterocycles. The Balaban J connectivity index is 1.88. The van der Waals surface area contributed by atoms with Gasteiger partial charge in [0.15, 0.2) is 11.5 Å². The first kappa shape index (κ1) is 15.7. The highest BCUT2D eigenvalue weighted by Gasteiger charge is 2.20. The summed E-state index contributed by atoms with van der Waals surface area (Å²) in [6, 6.07) is 1.51. The number of fused-ring (bicyclic) bond motifs is 1. The summed E-state index contributed by atoms with van der Waals surface area (Å²) in [4.78, 5) is 16.9. The number of aryl methyl sites for hydroxylation is 3. The fraction of sp³-hybridized carbons (Fsp3) is 0.333. The third-order valence-corrected chi connectivity index (χ3v) is 4.51. The molecule has 0 aliphatic heterocycles. The second-order valence-electron chi connectivity index (χ2n) is 5.58. The second kappa shape index (κ2) is 5.77. The molecule has 0 radical (unpaired) electrons. The van der Waals surface area contributed by atoms with E-state index in [1.54, 1.807) is 17.8 Å². The van der Waals surface area contributed by atoms with E-state index in [2.05, 4.69) is 41.5 Å². The van der Waals surface area contributed by atoms with Gasteiger partial charge in [-0.3, -0.25) is 14.6 Å². The Morgan fingerprint density at radius 3 is 2.78 bits per heavy atom. The van der Waals surface area contributed by atoms with Gasteiger partial charge in [0.1, 0.15) is 6.04 Å². The Morgan fingerprint density at radius 1 is 1.39 bits per heavy atom. The average molecular weight is 377 g/mol. The van der Waals surface area contributed by atoms with Gasteiger partial charge in [0.2, 0.25) is 5.91 Å². The van der Waals surface area contributed by atoms with Crippen molar-refractivity contribution in [2.75, 3.05) is 5.32 Å². The van der Waals surface area contributed by atoms with Crippen molar-refractivity contribution in [3.63, 3.8) is 0 Å². The molecule has 23 heavy (non-hydrogen) atoms. The largest absolute Gasteiger partial charge is 0.307 e. The molecule has 0 aliphatic rings. The number of anilines is 1. The number of H-pyrrole nitrogens is 1. The molecule has 2 N–H and O–H groups in total. The van der Waals surface area contributed by atoms with Crippen LogP contribution < -0.4 is 5.32 Å². The molecule has 3 heterocycles. The maximum absolute atomic E-state index is 12.5. The second-order valence-corrected chi connectivity index (χ2v) is 6.44. The van der Waals surface area contributed by atoms with Crippen LogP contribution in [0.25, 0.3) is 11.0 Å². The maximum atomic E-state index is 12.5. The molecule has 0 unspecified atom stereocenters. The summed E-state index contributed by atoms with van der Waals surface area (Å²) in [6.45, 7) is 7.56. The number of pyridine rings is 1. The van der Waals surface area contributed by atoms with Crippen molar-refractivity contribution >= 4 is 38.7 Å². The van der Waals surface area contributed by atoms with Crippen molar-refractivity contribution in [1.29, 1.82) is 0 Å². The molecule has 0 aliphatic carbocycles. The summed E-state index contributed by atoms with van der Waals surface area (Å²) in [5.41, 5.74) is 3.43. The number of aromatic nitrogens is 5. The molecule has 0 saturated carbocycles. The van der Waals surface area contributed by atoms with Crippen LogP contribution in [0.3, 0.4) is 0 Å². The Labute approximate surface area is 141 Å². The number of nitrogens with zero attached hydrogens (tertiary/aromatic N) is 4. The van der Waals surface area contributed by atoms with Crippen LogP contribution in [-0.4, -0.2) is 30.9 Å². The van der Waals surface area contributed by atoms with Crippen molar-refractivity contribution in [1.82, 2.24) is 25.0 Å². The van der Waals surface area contributed by atoms with Crippen LogP contribution in [0.4, 0.5) is 5.82 Å². The number of amides is 1. The van der Waals surface area contributed by atoms with Crippen molar-refractivity contribution in [3.05, 3.63) is 33.7 Å². The Hall–Kier alpha value is -2.22. The molecule has 0 saturated heterocycles. The molecule has 3 rings (SSSR count). The van der Waals surface area contributed by atoms with Gasteiger partial charge >= 0.3 is 0 Å². The van der Waals surface area contributed by atoms with E-state index in [-0.39, 0.29) is 5.91 Å². The first-order valence-corrected chi connectivity index (χ1v) is 8.00. The van der Waals surface area contributed by atoms with E-state index >= 15 is 0 Å². The summed E-state index contributed by atoms with van der Waals surface area (Å²) in [5, 5.41) is 15.0. The molecule has 0 fully saturated rings. The van der Waals surface area contributed by atoms with E-state index in [0.717, 1.165) is 26.8 Å². The molecule has 0 spiro atoms. The molecular formula is C15H17BrN6O. The number of hydrogen-bond donors (Lipinski definition) is 2. The summed E-state index contributed by atoms with van der Waals surface area (Å²) < 4.78 is 2.50. The predicted molar refractivity (Wildman–Crippen MR) is 91.4 cm³/mol. The first-order chi connectivity index (χ1) is 10.9. The molecule has 0 bridgehead atoms. The minimum absolute atomic E-state index is 0.187. The molecule has 1 atom stereocenters. The van der Waals surface area contributed by atoms with Crippen molar-refractivity contribution in [2.24, 2.45) is 0 Å². The molecule has 120 valence electrons. The summed E-state index contributed by atoms with van der Waals surface area (Å²) in [5.74, 6) is 0.304. The van der Waals surface area contributed by atoms with Gasteiger partial charge in [-0.1, -0.05) is 0 Å². The number of rotatable bonds is 3. The van der Waals surface area contributed by atoms with Crippen LogP contribution in [0.1, 0.15) is 29.9 Å². The van der Waals surface area contributed by atoms with E-state index in [1.165, 1.54) is 0 Å². The van der Waals surface area contributed by atoms with Crippen LogP contribution in [0.5, 0.6) is 0 Å². The fourth-order valence-electron chi connectivity index (χ4n) is 2.47. The van der Waals surface area contributed by atoms with Gasteiger partial charge < -0.3 is 5.32 Å². The monoisotopic (exact) mass is 376 g/mol. The highest BCUT2D eigenvalue weighted by molar-refractivity contribution is 9.10. The SMILES string of the molecule is Cc1cc(C)c2c(NC(=O)[C@@H](C)n3cc(Br)c(C)n3)n[nH]c2n1. The van der Waals surface area contributed by atoms with E-state index in [9.17, 15) is 4.79 Å². The lowest BCUT2D eigenvalue weighted by atomic mass is 10.2. The predicted octanol–water partition coefficient (Wildman–Crippen LogP) is 3.04. The quantitative estimate of drug-likeness (QED) is 0.734. The smallest absolute Gasteiger partial charge is 0.250 e. The van der Waals surface area contributed by atoms with E-state index in [1.807, 2.05) is 26.8 Å². The number of carbonyl (C=O) groups is 1. The number of carbonyl (C=O) groups excluding carboxylic acids is 1. The highest BCUT2D eigenvalue weighted by atomic mass is 79.9. The molecule has 1 amide bonds. The Kier molecular flexibility index (Phi) is 3.93. The fourth-order valence-corrected chi connectivity index (χ4v) is 2.76. The normalized spacial score (nSPS) is 12.6. The van der Waals surface area contributed by atoms with Crippen LogP contribution >= 0.6 is 15.9 Å². The average Bonchev–Trinajstić information content (AvgIpc) is 3.02. The van der Waals surface area contributed by atoms with Crippen molar-refractivity contribution < 1.29 is 4.79 Å². The zero-order valence-corrected chi connectivity index (χ0v) is 14.9. The number of aromatic amines is 1. The lowest BCUT2D eigenvalue weighted by Crippen LogP contribution is -2.24. The van der Waals surface area contributed by atoms with E-state index in [0.29, 0.717) is 11.5 Å². The van der Waals surface area contributed by atoms with Gasteiger partial charge in [-0.25, -0.2) is 4.98 Å². The third kappa shape index (κ3) is 2.86. The summed E-state index contributed by atoms with van der Waals surface area (Å²) in [6.07, 6.45) is 1.79. The van der Waals surface area contributed by atoms with Crippen molar-refractivity contribution in [3.8, 4) is 0 Å². The summed E-state index contributed by atoms with van der Waals surface area (Å²) >= 11 is 3.40. The van der Waals surface area contributed by atoms with Crippen LogP contribution in [-0.2, 0) is 4.79 Å². The molecular weight excluding hydrogens is 360 g/mol. The standard InChI is InChI=1S/C15H17BrN6O/c1-7-5-8(2)17-13-12(7)14(20-19-13)18-15(23)10(4)22-6-11(16)9(3)21-22/h5-6,10H,1-4H3,(H2,17,18,19,20,23)/t10-/m1/s1. The lowest BCUT2D eigenvalue weighted by Gasteiger charge is -2.11. The van der Waals surface area contributed by atoms with Gasteiger partial charge in [0.25, 0.3) is 0 Å². The zero-order valence-electron chi connectivity index (χ0n) is 13.3. The van der Waals surface area contributed by atoms with Crippen LogP contribution in [0.2, 0.25) is 0 Å². The number of halogens is 1. The maximum Gasteiger partial charge on any atom is 0.250 e. The number of nitrogens with one attached hydrogen (secondary N) is 2. The lowest BCUT2D eigenvalue weighted by molar-refractivity contribution is -0.119. The third-order valence-electron chi connectivity index (χ3n) is 3.73. The number of hydrogen-bond acceptors (Lipinski definition) is 4. The van der Waals surface area contributed by atoms with E-state index in [4.69, 9.17) is 0 Å². The van der Waals surface area contributed by atoms with E-state index < -0.39 is 6.04 Å². The highest BCUT2D eigenvalue weighted by Crippen LogP contribution is 2.24. The van der Waals surface area contributed by atoms with Gasteiger partial charge in [-0.05, 0) is 55.3 Å². The molecule has 0 aromatic carbocycles. The van der Waals surface area contributed by atoms with Gasteiger partial charge in [0.05, 0.1) is 15.6 Å². The van der Waals surface area contributed by atoms with Crippen LogP contribution in [0.15, 0.2) is 16.7 Å². The first-order valence-electron chi connectivity index (χ1n) is 7.21. The molecule has 8 heteroatoms. The van der Waals surface area contributed by atoms with Crippen molar-refractivity contribution in [2.45, 2.75) is 33.7 Å². The van der Waals surface area contributed by atoms with Gasteiger partial charge in [-0.15, -0.1) is 0 Å². The Morgan fingerprint density at radius 2 is 2.13 bits per heavy atom. The van der Waals surface area contributed by atoms with Gasteiger partial charge in [-0.2, -0.15) is 10.2 Å². The molecule has 7 nitrogen and oxygen atoms in total.